The first-order valence-corrected chi connectivity index (χ1v) is 7.37. The van der Waals surface area contributed by atoms with E-state index in [-0.39, 0.29) is 5.92 Å². The molecule has 3 rings (SSSR count). The highest BCUT2D eigenvalue weighted by Gasteiger charge is 2.26. The lowest BCUT2D eigenvalue weighted by Gasteiger charge is -2.30. The minimum absolute atomic E-state index is 0.288. The Balaban J connectivity index is 1.89. The Morgan fingerprint density at radius 2 is 2.37 bits per heavy atom. The van der Waals surface area contributed by atoms with Gasteiger partial charge in [0.1, 0.15) is 0 Å². The monoisotopic (exact) mass is 296 g/mol. The fraction of sp³-hybridized carbons (Fsp3) is 0.385. The maximum Gasteiger partial charge on any atom is 0.308 e. The van der Waals surface area contributed by atoms with Crippen LogP contribution in [0.4, 0.5) is 5.13 Å². The first-order valence-electron chi connectivity index (χ1n) is 6.17. The molecule has 0 unspecified atom stereocenters. The van der Waals surface area contributed by atoms with Crippen LogP contribution < -0.4 is 4.90 Å². The molecule has 1 aliphatic rings. The van der Waals surface area contributed by atoms with Crippen LogP contribution in [0.25, 0.3) is 10.2 Å². The van der Waals surface area contributed by atoms with Crippen LogP contribution in [0.5, 0.6) is 0 Å². The van der Waals surface area contributed by atoms with Crippen molar-refractivity contribution in [3.05, 3.63) is 23.2 Å². The number of carboxylic acid groups (broad SMARTS) is 1. The Morgan fingerprint density at radius 1 is 1.53 bits per heavy atom. The highest BCUT2D eigenvalue weighted by molar-refractivity contribution is 7.22. The third kappa shape index (κ3) is 2.53. The lowest BCUT2D eigenvalue weighted by atomic mass is 9.99. The van der Waals surface area contributed by atoms with Crippen molar-refractivity contribution >= 4 is 44.3 Å². The van der Waals surface area contributed by atoms with Crippen LogP contribution in [0.3, 0.4) is 0 Å². The second kappa shape index (κ2) is 4.98. The van der Waals surface area contributed by atoms with Gasteiger partial charge in [-0.1, -0.05) is 22.9 Å². The number of hydrogen-bond acceptors (Lipinski definition) is 4. The molecule has 1 aliphatic heterocycles. The minimum Gasteiger partial charge on any atom is -0.481 e. The van der Waals surface area contributed by atoms with E-state index in [4.69, 9.17) is 16.7 Å². The molecule has 0 spiro atoms. The molecule has 0 radical (unpaired) electrons. The molecular weight excluding hydrogens is 284 g/mol. The summed E-state index contributed by atoms with van der Waals surface area (Å²) < 4.78 is 1.04. The molecule has 2 heterocycles. The molecule has 1 saturated heterocycles. The summed E-state index contributed by atoms with van der Waals surface area (Å²) in [6, 6.07) is 5.62. The van der Waals surface area contributed by atoms with E-state index in [1.54, 1.807) is 11.3 Å². The number of nitrogens with zero attached hydrogens (tertiary/aromatic N) is 2. The number of aromatic nitrogens is 1. The summed E-state index contributed by atoms with van der Waals surface area (Å²) in [5.41, 5.74) is 0.918. The van der Waals surface area contributed by atoms with Gasteiger partial charge in [-0.3, -0.25) is 4.79 Å². The minimum atomic E-state index is -0.714. The number of carboxylic acids is 1. The van der Waals surface area contributed by atoms with E-state index in [0.717, 1.165) is 34.7 Å². The van der Waals surface area contributed by atoms with Gasteiger partial charge in [0.15, 0.2) is 5.13 Å². The van der Waals surface area contributed by atoms with E-state index >= 15 is 0 Å². The molecule has 4 nitrogen and oxygen atoms in total. The number of rotatable bonds is 2. The van der Waals surface area contributed by atoms with Gasteiger partial charge in [0.25, 0.3) is 0 Å². The van der Waals surface area contributed by atoms with Gasteiger partial charge in [0.2, 0.25) is 0 Å². The third-order valence-corrected chi connectivity index (χ3v) is 4.69. The van der Waals surface area contributed by atoms with Crippen molar-refractivity contribution in [2.75, 3.05) is 18.0 Å². The molecule has 6 heteroatoms. The van der Waals surface area contributed by atoms with Crippen molar-refractivity contribution < 1.29 is 9.90 Å². The second-order valence-electron chi connectivity index (χ2n) is 4.73. The highest BCUT2D eigenvalue weighted by Crippen LogP contribution is 2.32. The fourth-order valence-electron chi connectivity index (χ4n) is 2.37. The van der Waals surface area contributed by atoms with Crippen molar-refractivity contribution in [2.24, 2.45) is 5.92 Å². The predicted molar refractivity (Wildman–Crippen MR) is 77.2 cm³/mol. The van der Waals surface area contributed by atoms with Crippen molar-refractivity contribution in [3.63, 3.8) is 0 Å². The van der Waals surface area contributed by atoms with Crippen molar-refractivity contribution in [1.82, 2.24) is 4.98 Å². The summed E-state index contributed by atoms with van der Waals surface area (Å²) in [7, 11) is 0. The predicted octanol–water partition coefficient (Wildman–Crippen LogP) is 3.25. The second-order valence-corrected chi connectivity index (χ2v) is 6.18. The van der Waals surface area contributed by atoms with Gasteiger partial charge in [-0.05, 0) is 31.0 Å². The molecule has 100 valence electrons. The molecule has 0 saturated carbocycles. The number of halogens is 1. The zero-order chi connectivity index (χ0) is 13.4. The zero-order valence-corrected chi connectivity index (χ0v) is 11.7. The van der Waals surface area contributed by atoms with Crippen molar-refractivity contribution in [2.45, 2.75) is 12.8 Å². The first kappa shape index (κ1) is 12.7. The SMILES string of the molecule is O=C(O)[C@H]1CCCN(c2nc3ccc(Cl)cc3s2)C1. The molecule has 0 bridgehead atoms. The maximum atomic E-state index is 11.1. The summed E-state index contributed by atoms with van der Waals surface area (Å²) in [5, 5.41) is 10.7. The van der Waals surface area contributed by atoms with Crippen LogP contribution in [0.1, 0.15) is 12.8 Å². The Morgan fingerprint density at radius 3 is 3.16 bits per heavy atom. The number of fused-ring (bicyclic) bond motifs is 1. The molecule has 19 heavy (non-hydrogen) atoms. The molecule has 0 amide bonds. The van der Waals surface area contributed by atoms with Crippen molar-refractivity contribution in [3.8, 4) is 0 Å². The van der Waals surface area contributed by atoms with E-state index in [1.807, 2.05) is 18.2 Å². The number of thiazole rings is 1. The number of carbonyl (C=O) groups is 1. The van der Waals surface area contributed by atoms with Gasteiger partial charge in [-0.15, -0.1) is 0 Å². The van der Waals surface area contributed by atoms with Gasteiger partial charge in [-0.25, -0.2) is 4.98 Å². The molecule has 1 aromatic carbocycles. The number of aliphatic carboxylic acids is 1. The smallest absolute Gasteiger partial charge is 0.308 e. The number of piperidine rings is 1. The lowest BCUT2D eigenvalue weighted by Crippen LogP contribution is -2.38. The zero-order valence-electron chi connectivity index (χ0n) is 10.2. The Kier molecular flexibility index (Phi) is 3.33. The number of hydrogen-bond donors (Lipinski definition) is 1. The molecule has 2 aromatic rings. The van der Waals surface area contributed by atoms with Crippen LogP contribution in [0.15, 0.2) is 18.2 Å². The van der Waals surface area contributed by atoms with Crippen LogP contribution in [0.2, 0.25) is 5.02 Å². The standard InChI is InChI=1S/C13H13ClN2O2S/c14-9-3-4-10-11(6-9)19-13(15-10)16-5-1-2-8(7-16)12(17)18/h3-4,6,8H,1-2,5,7H2,(H,17,18)/t8-/m0/s1. The van der Waals surface area contributed by atoms with Crippen molar-refractivity contribution in [1.29, 1.82) is 0 Å². The molecular formula is C13H13ClN2O2S. The Hall–Kier alpha value is -1.33. The average molecular weight is 297 g/mol. The molecule has 1 N–H and O–H groups in total. The maximum absolute atomic E-state index is 11.1. The molecule has 1 atom stereocenters. The van der Waals surface area contributed by atoms with Gasteiger partial charge in [0, 0.05) is 18.1 Å². The van der Waals surface area contributed by atoms with Gasteiger partial charge < -0.3 is 10.0 Å². The van der Waals surface area contributed by atoms with E-state index in [0.29, 0.717) is 11.6 Å². The van der Waals surface area contributed by atoms with E-state index in [2.05, 4.69) is 9.88 Å². The normalized spacial score (nSPS) is 19.8. The van der Waals surface area contributed by atoms with Crippen LogP contribution in [-0.2, 0) is 4.79 Å². The summed E-state index contributed by atoms with van der Waals surface area (Å²) in [6.07, 6.45) is 1.65. The molecule has 0 aliphatic carbocycles. The first-order chi connectivity index (χ1) is 9.13. The van der Waals surface area contributed by atoms with Crippen LogP contribution in [0, 0.1) is 5.92 Å². The van der Waals surface area contributed by atoms with Gasteiger partial charge in [-0.2, -0.15) is 0 Å². The molecule has 1 fully saturated rings. The summed E-state index contributed by atoms with van der Waals surface area (Å²) >= 11 is 7.54. The van der Waals surface area contributed by atoms with E-state index in [9.17, 15) is 4.79 Å². The number of anilines is 1. The Labute approximate surface area is 119 Å². The highest BCUT2D eigenvalue weighted by atomic mass is 35.5. The van der Waals surface area contributed by atoms with E-state index < -0.39 is 5.97 Å². The summed E-state index contributed by atoms with van der Waals surface area (Å²) in [6.45, 7) is 1.42. The quantitative estimate of drug-likeness (QED) is 0.924. The number of benzene rings is 1. The topological polar surface area (TPSA) is 53.4 Å². The van der Waals surface area contributed by atoms with E-state index in [1.165, 1.54) is 0 Å². The summed E-state index contributed by atoms with van der Waals surface area (Å²) in [5.74, 6) is -1.00. The van der Waals surface area contributed by atoms with Gasteiger partial charge in [0.05, 0.1) is 16.1 Å². The fourth-order valence-corrected chi connectivity index (χ4v) is 3.65. The van der Waals surface area contributed by atoms with Crippen LogP contribution in [-0.4, -0.2) is 29.1 Å². The largest absolute Gasteiger partial charge is 0.481 e. The third-order valence-electron chi connectivity index (χ3n) is 3.38. The molecule has 1 aromatic heterocycles. The lowest BCUT2D eigenvalue weighted by molar-refractivity contribution is -0.141. The average Bonchev–Trinajstić information content (AvgIpc) is 2.81. The van der Waals surface area contributed by atoms with Crippen LogP contribution >= 0.6 is 22.9 Å². The summed E-state index contributed by atoms with van der Waals surface area (Å²) in [4.78, 5) is 17.7. The Bertz CT molecular complexity index is 628. The van der Waals surface area contributed by atoms with Gasteiger partial charge >= 0.3 is 5.97 Å².